The van der Waals surface area contributed by atoms with Gasteiger partial charge in [0.25, 0.3) is 5.91 Å². The van der Waals surface area contributed by atoms with Gasteiger partial charge in [-0.3, -0.25) is 14.0 Å². The summed E-state index contributed by atoms with van der Waals surface area (Å²) < 4.78 is 11.8. The van der Waals surface area contributed by atoms with E-state index in [2.05, 4.69) is 15.6 Å². The Morgan fingerprint density at radius 3 is 2.19 bits per heavy atom. The second kappa shape index (κ2) is 11.5. The highest BCUT2D eigenvalue weighted by Crippen LogP contribution is 2.10. The number of nitrogens with zero attached hydrogens (tertiary/aromatic N) is 2. The lowest BCUT2D eigenvalue weighted by atomic mass is 10.1. The van der Waals surface area contributed by atoms with Crippen molar-refractivity contribution in [2.24, 2.45) is 4.99 Å². The van der Waals surface area contributed by atoms with E-state index >= 15 is 0 Å². The molecule has 0 spiro atoms. The molecule has 1 rings (SSSR count). The van der Waals surface area contributed by atoms with Crippen molar-refractivity contribution in [2.75, 3.05) is 33.4 Å². The van der Waals surface area contributed by atoms with Crippen LogP contribution in [0.15, 0.2) is 29.3 Å². The number of amides is 1. The molecule has 0 saturated heterocycles. The third kappa shape index (κ3) is 8.48. The Hall–Kier alpha value is -1.16. The lowest BCUT2D eigenvalue weighted by Crippen LogP contribution is -2.40. The Bertz CT molecular complexity index is 625. The zero-order valence-electron chi connectivity index (χ0n) is 16.5. The molecular weight excluding hydrogens is 463 g/mol. The molecule has 1 amide bonds. The van der Waals surface area contributed by atoms with E-state index in [0.717, 1.165) is 5.56 Å². The molecule has 148 valence electrons. The highest BCUT2D eigenvalue weighted by atomic mass is 127. The van der Waals surface area contributed by atoms with E-state index in [-0.39, 0.29) is 34.6 Å². The maximum Gasteiger partial charge on any atom is 0.253 e. The van der Waals surface area contributed by atoms with Gasteiger partial charge in [0, 0.05) is 61.1 Å². The Labute approximate surface area is 176 Å². The minimum absolute atomic E-state index is 0. The van der Waals surface area contributed by atoms with Crippen molar-refractivity contribution in [1.29, 1.82) is 0 Å². The predicted molar refractivity (Wildman–Crippen MR) is 121 cm³/mol. The van der Waals surface area contributed by atoms with Gasteiger partial charge in [-0.05, 0) is 38.5 Å². The van der Waals surface area contributed by atoms with E-state index in [4.69, 9.17) is 0 Å². The molecule has 6 nitrogen and oxygen atoms in total. The van der Waals surface area contributed by atoms with Crippen LogP contribution < -0.4 is 10.6 Å². The van der Waals surface area contributed by atoms with Crippen LogP contribution in [0.1, 0.15) is 36.7 Å². The summed E-state index contributed by atoms with van der Waals surface area (Å²) in [5, 5.41) is 6.39. The Morgan fingerprint density at radius 2 is 1.73 bits per heavy atom. The van der Waals surface area contributed by atoms with Crippen molar-refractivity contribution >= 4 is 46.6 Å². The molecule has 0 aliphatic heterocycles. The first-order valence-electron chi connectivity index (χ1n) is 8.28. The second-order valence-electron chi connectivity index (χ2n) is 6.91. The Balaban J connectivity index is 0.00000625. The number of carbonyl (C=O) groups excluding carboxylic acids is 1. The maximum absolute atomic E-state index is 12.0. The number of benzene rings is 1. The molecule has 1 aromatic rings. The molecule has 0 aliphatic rings. The largest absolute Gasteiger partial charge is 0.355 e. The monoisotopic (exact) mass is 494 g/mol. The number of nitrogens with one attached hydrogen (secondary N) is 2. The molecule has 26 heavy (non-hydrogen) atoms. The van der Waals surface area contributed by atoms with Crippen LogP contribution >= 0.6 is 24.0 Å². The van der Waals surface area contributed by atoms with Crippen LogP contribution in [-0.4, -0.2) is 59.2 Å². The van der Waals surface area contributed by atoms with E-state index in [0.29, 0.717) is 30.4 Å². The van der Waals surface area contributed by atoms with Gasteiger partial charge >= 0.3 is 0 Å². The van der Waals surface area contributed by atoms with Crippen molar-refractivity contribution < 1.29 is 9.00 Å². The summed E-state index contributed by atoms with van der Waals surface area (Å²) in [6.07, 6.45) is 0. The van der Waals surface area contributed by atoms with Crippen LogP contribution in [-0.2, 0) is 17.3 Å². The van der Waals surface area contributed by atoms with Gasteiger partial charge in [0.15, 0.2) is 5.96 Å². The quantitative estimate of drug-likeness (QED) is 0.362. The Morgan fingerprint density at radius 1 is 1.15 bits per heavy atom. The second-order valence-corrected chi connectivity index (χ2v) is 9.24. The van der Waals surface area contributed by atoms with Gasteiger partial charge in [0.1, 0.15) is 0 Å². The van der Waals surface area contributed by atoms with Crippen molar-refractivity contribution in [3.8, 4) is 0 Å². The molecule has 0 saturated carbocycles. The van der Waals surface area contributed by atoms with Crippen LogP contribution in [0, 0.1) is 0 Å². The molecule has 0 bridgehead atoms. The zero-order chi connectivity index (χ0) is 19.0. The normalized spacial score (nSPS) is 12.8. The average molecular weight is 494 g/mol. The molecule has 0 aliphatic carbocycles. The van der Waals surface area contributed by atoms with Crippen LogP contribution in [0.25, 0.3) is 0 Å². The number of aliphatic imine (C=N–C) groups is 1. The molecule has 2 N–H and O–H groups in total. The molecule has 8 heteroatoms. The molecule has 1 aromatic carbocycles. The molecule has 0 radical (unpaired) electrons. The summed E-state index contributed by atoms with van der Waals surface area (Å²) in [4.78, 5) is 17.6. The zero-order valence-corrected chi connectivity index (χ0v) is 19.6. The summed E-state index contributed by atoms with van der Waals surface area (Å²) in [7, 11) is 4.29. The smallest absolute Gasteiger partial charge is 0.253 e. The molecule has 0 aromatic heterocycles. The van der Waals surface area contributed by atoms with Crippen LogP contribution in [0.2, 0.25) is 0 Å². The highest BCUT2D eigenvalue weighted by molar-refractivity contribution is 14.0. The van der Waals surface area contributed by atoms with Gasteiger partial charge < -0.3 is 15.5 Å². The number of rotatable bonds is 6. The van der Waals surface area contributed by atoms with E-state index < -0.39 is 10.8 Å². The lowest BCUT2D eigenvalue weighted by molar-refractivity contribution is 0.0827. The van der Waals surface area contributed by atoms with E-state index in [1.165, 1.54) is 0 Å². The highest BCUT2D eigenvalue weighted by Gasteiger charge is 2.18. The van der Waals surface area contributed by atoms with Crippen LogP contribution in [0.4, 0.5) is 0 Å². The van der Waals surface area contributed by atoms with Crippen molar-refractivity contribution in [1.82, 2.24) is 15.5 Å². The number of hydrogen-bond acceptors (Lipinski definition) is 3. The molecule has 0 heterocycles. The number of guanidine groups is 1. The fraction of sp³-hybridized carbons (Fsp3) is 0.556. The van der Waals surface area contributed by atoms with E-state index in [1.54, 1.807) is 26.0 Å². The number of carbonyl (C=O) groups is 1. The molecule has 0 fully saturated rings. The first kappa shape index (κ1) is 24.8. The fourth-order valence-corrected chi connectivity index (χ4v) is 2.90. The molecular formula is C18H31IN4O2S. The summed E-state index contributed by atoms with van der Waals surface area (Å²) in [6.45, 7) is 7.11. The first-order chi connectivity index (χ1) is 11.6. The standard InChI is InChI=1S/C18H30N4O2S.HI/c1-18(2,3)25(24)12-11-20-17(19-4)21-13-14-7-9-15(10-8-14)16(23)22(5)6;/h7-10H,11-13H2,1-6H3,(H2,19,20,21);1H. The minimum Gasteiger partial charge on any atom is -0.355 e. The third-order valence-corrected chi connectivity index (χ3v) is 5.49. The number of halogens is 1. The average Bonchev–Trinajstić information content (AvgIpc) is 2.56. The van der Waals surface area contributed by atoms with Gasteiger partial charge in [-0.25, -0.2) is 0 Å². The van der Waals surface area contributed by atoms with Gasteiger partial charge in [0.2, 0.25) is 0 Å². The van der Waals surface area contributed by atoms with Gasteiger partial charge in [-0.1, -0.05) is 12.1 Å². The van der Waals surface area contributed by atoms with Crippen LogP contribution in [0.5, 0.6) is 0 Å². The summed E-state index contributed by atoms with van der Waals surface area (Å²) in [5.74, 6) is 1.23. The summed E-state index contributed by atoms with van der Waals surface area (Å²) in [5.41, 5.74) is 1.72. The maximum atomic E-state index is 12.0. The van der Waals surface area contributed by atoms with Crippen molar-refractivity contribution in [3.05, 3.63) is 35.4 Å². The third-order valence-electron chi connectivity index (χ3n) is 3.55. The summed E-state index contributed by atoms with van der Waals surface area (Å²) >= 11 is 0. The SMILES string of the molecule is CN=C(NCCS(=O)C(C)(C)C)NCc1ccc(C(=O)N(C)C)cc1.I. The van der Waals surface area contributed by atoms with Crippen LogP contribution in [0.3, 0.4) is 0 Å². The number of hydrogen-bond donors (Lipinski definition) is 2. The van der Waals surface area contributed by atoms with Gasteiger partial charge in [-0.15, -0.1) is 24.0 Å². The fourth-order valence-electron chi connectivity index (χ4n) is 2.00. The van der Waals surface area contributed by atoms with Gasteiger partial charge in [-0.2, -0.15) is 0 Å². The topological polar surface area (TPSA) is 73.8 Å². The van der Waals surface area contributed by atoms with E-state index in [1.807, 2.05) is 45.0 Å². The van der Waals surface area contributed by atoms with Gasteiger partial charge in [0.05, 0.1) is 0 Å². The molecule has 1 atom stereocenters. The summed E-state index contributed by atoms with van der Waals surface area (Å²) in [6, 6.07) is 7.49. The van der Waals surface area contributed by atoms with Crippen molar-refractivity contribution in [2.45, 2.75) is 32.1 Å². The Kier molecular flexibility index (Phi) is 11.0. The van der Waals surface area contributed by atoms with Crippen molar-refractivity contribution in [3.63, 3.8) is 0 Å². The predicted octanol–water partition coefficient (Wildman–Crippen LogP) is 2.22. The first-order valence-corrected chi connectivity index (χ1v) is 9.60. The van der Waals surface area contributed by atoms with E-state index in [9.17, 15) is 9.00 Å². The minimum atomic E-state index is -0.888. The molecule has 1 unspecified atom stereocenters. The lowest BCUT2D eigenvalue weighted by Gasteiger charge is -2.18.